The van der Waals surface area contributed by atoms with E-state index in [1.165, 1.54) is 12.9 Å². The zero-order chi connectivity index (χ0) is 31.9. The van der Waals surface area contributed by atoms with Gasteiger partial charge in [0.25, 0.3) is 0 Å². The largest absolute Gasteiger partial charge is 0.243 e. The highest BCUT2D eigenvalue weighted by Gasteiger charge is 2.52. The monoisotopic (exact) mass is 665 g/mol. The molecule has 0 radical (unpaired) electrons. The average Bonchev–Trinajstić information content (AvgIpc) is 3.75. The minimum atomic E-state index is -3.85. The summed E-state index contributed by atoms with van der Waals surface area (Å²) in [4.78, 5) is 0.604. The summed E-state index contributed by atoms with van der Waals surface area (Å²) in [6.45, 7) is 6.64. The van der Waals surface area contributed by atoms with Crippen LogP contribution in [-0.4, -0.2) is 77.4 Å². The maximum absolute atomic E-state index is 13.8. The molecule has 3 aromatic rings. The van der Waals surface area contributed by atoms with Crippen molar-refractivity contribution < 1.29 is 25.3 Å². The highest BCUT2D eigenvalue weighted by molar-refractivity contribution is 7.89. The van der Waals surface area contributed by atoms with Crippen LogP contribution in [0.1, 0.15) is 16.7 Å². The van der Waals surface area contributed by atoms with E-state index in [2.05, 4.69) is 0 Å². The van der Waals surface area contributed by atoms with Crippen LogP contribution in [0.3, 0.4) is 0 Å². The molecule has 0 amide bonds. The summed E-state index contributed by atoms with van der Waals surface area (Å²) in [7, 11) is -11.5. The van der Waals surface area contributed by atoms with Crippen molar-refractivity contribution in [3.8, 4) is 0 Å². The number of fused-ring (bicyclic) bond motifs is 4. The molecular formula is C33H35N3O6S3. The third-order valence-corrected chi connectivity index (χ3v) is 15.1. The Kier molecular flexibility index (Phi) is 7.27. The van der Waals surface area contributed by atoms with Gasteiger partial charge in [-0.1, -0.05) is 53.1 Å². The number of benzene rings is 3. The molecule has 9 nitrogen and oxygen atoms in total. The lowest BCUT2D eigenvalue weighted by Crippen LogP contribution is -2.32. The molecule has 0 unspecified atom stereocenters. The van der Waals surface area contributed by atoms with Gasteiger partial charge in [0, 0.05) is 51.1 Å². The smallest absolute Gasteiger partial charge is 0.207 e. The number of nitrogens with zero attached hydrogens (tertiary/aromatic N) is 3. The first-order chi connectivity index (χ1) is 21.3. The first kappa shape index (κ1) is 30.5. The van der Waals surface area contributed by atoms with Gasteiger partial charge < -0.3 is 0 Å². The highest BCUT2D eigenvalue weighted by Crippen LogP contribution is 2.50. The molecule has 3 aromatic carbocycles. The van der Waals surface area contributed by atoms with E-state index >= 15 is 0 Å². The molecule has 0 aromatic heterocycles. The summed E-state index contributed by atoms with van der Waals surface area (Å²) < 4.78 is 87.3. The summed E-state index contributed by atoms with van der Waals surface area (Å²) >= 11 is 0. The van der Waals surface area contributed by atoms with E-state index in [0.29, 0.717) is 0 Å². The van der Waals surface area contributed by atoms with Gasteiger partial charge in [0.2, 0.25) is 30.1 Å². The van der Waals surface area contributed by atoms with Crippen LogP contribution in [0, 0.1) is 32.6 Å². The Balaban J connectivity index is 1.29. The van der Waals surface area contributed by atoms with Crippen molar-refractivity contribution in [3.63, 3.8) is 0 Å². The molecular weight excluding hydrogens is 631 g/mol. The molecule has 3 heterocycles. The lowest BCUT2D eigenvalue weighted by atomic mass is 9.75. The molecule has 4 aliphatic rings. The summed E-state index contributed by atoms with van der Waals surface area (Å²) in [6.07, 6.45) is 0. The van der Waals surface area contributed by atoms with Crippen molar-refractivity contribution >= 4 is 30.1 Å². The minimum Gasteiger partial charge on any atom is -0.207 e. The normalized spacial score (nSPS) is 23.0. The third-order valence-electron chi connectivity index (χ3n) is 9.66. The molecule has 3 saturated heterocycles. The fourth-order valence-corrected chi connectivity index (χ4v) is 11.4. The topological polar surface area (TPSA) is 112 Å². The molecule has 0 spiro atoms. The molecule has 0 bridgehead atoms. The quantitative estimate of drug-likeness (QED) is 0.396. The number of aryl methyl sites for hydroxylation is 3. The second-order valence-electron chi connectivity index (χ2n) is 12.5. The maximum atomic E-state index is 13.8. The van der Waals surface area contributed by atoms with Gasteiger partial charge >= 0.3 is 0 Å². The van der Waals surface area contributed by atoms with Gasteiger partial charge in [-0.05, 0) is 79.5 Å². The van der Waals surface area contributed by atoms with Crippen LogP contribution in [0.4, 0.5) is 0 Å². The van der Waals surface area contributed by atoms with E-state index in [-0.39, 0.29) is 65.8 Å². The second-order valence-corrected chi connectivity index (χ2v) is 18.3. The van der Waals surface area contributed by atoms with E-state index in [4.69, 9.17) is 0 Å². The van der Waals surface area contributed by atoms with Crippen LogP contribution in [0.2, 0.25) is 0 Å². The Morgan fingerprint density at radius 1 is 0.444 bits per heavy atom. The van der Waals surface area contributed by atoms with Gasteiger partial charge in [0.1, 0.15) is 0 Å². The van der Waals surface area contributed by atoms with Gasteiger partial charge in [-0.15, -0.1) is 0 Å². The lowest BCUT2D eigenvalue weighted by Gasteiger charge is -2.28. The maximum Gasteiger partial charge on any atom is 0.243 e. The van der Waals surface area contributed by atoms with Crippen molar-refractivity contribution in [2.45, 2.75) is 35.5 Å². The third kappa shape index (κ3) is 5.02. The van der Waals surface area contributed by atoms with Gasteiger partial charge in [0.15, 0.2) is 0 Å². The van der Waals surface area contributed by atoms with E-state index in [1.807, 2.05) is 20.8 Å². The van der Waals surface area contributed by atoms with Crippen LogP contribution < -0.4 is 0 Å². The molecule has 2 atom stereocenters. The number of rotatable bonds is 6. The van der Waals surface area contributed by atoms with Crippen molar-refractivity contribution in [2.24, 2.45) is 11.8 Å². The van der Waals surface area contributed by atoms with Gasteiger partial charge in [0.05, 0.1) is 14.7 Å². The first-order valence-corrected chi connectivity index (χ1v) is 19.2. The van der Waals surface area contributed by atoms with Crippen molar-refractivity contribution in [2.75, 3.05) is 39.3 Å². The molecule has 3 aliphatic heterocycles. The SMILES string of the molecule is Cc1ccc(S(=O)(=O)N2CC3=C4CN(S(=O)(=O)c5ccc(C)cc5)C[C@H]4[C@@H]4CN(S(=O)(=O)c5ccc(C)cc5)CC4=C3C2)cc1. The number of hydrogen-bond donors (Lipinski definition) is 0. The summed E-state index contributed by atoms with van der Waals surface area (Å²) in [5, 5.41) is 0. The second kappa shape index (κ2) is 10.7. The Hall–Kier alpha value is -3.13. The summed E-state index contributed by atoms with van der Waals surface area (Å²) in [5.74, 6) is -0.501. The Morgan fingerprint density at radius 2 is 0.733 bits per heavy atom. The van der Waals surface area contributed by atoms with Crippen LogP contribution >= 0.6 is 0 Å². The molecule has 45 heavy (non-hydrogen) atoms. The van der Waals surface area contributed by atoms with Gasteiger partial charge in [-0.2, -0.15) is 12.9 Å². The molecule has 236 valence electrons. The zero-order valence-corrected chi connectivity index (χ0v) is 27.8. The summed E-state index contributed by atoms with van der Waals surface area (Å²) in [5.41, 5.74) is 6.31. The van der Waals surface area contributed by atoms with E-state index in [9.17, 15) is 25.3 Å². The van der Waals surface area contributed by atoms with Crippen LogP contribution in [0.5, 0.6) is 0 Å². The molecule has 0 N–H and O–H groups in total. The first-order valence-electron chi connectivity index (χ1n) is 14.9. The van der Waals surface area contributed by atoms with E-state index in [1.54, 1.807) is 72.8 Å². The van der Waals surface area contributed by atoms with Crippen LogP contribution in [0.25, 0.3) is 0 Å². The Morgan fingerprint density at radius 3 is 1.04 bits per heavy atom. The molecule has 12 heteroatoms. The number of sulfonamides is 3. The lowest BCUT2D eigenvalue weighted by molar-refractivity contribution is 0.383. The van der Waals surface area contributed by atoms with Crippen LogP contribution in [-0.2, 0) is 30.1 Å². The highest BCUT2D eigenvalue weighted by atomic mass is 32.2. The van der Waals surface area contributed by atoms with Gasteiger partial charge in [-0.25, -0.2) is 25.3 Å². The van der Waals surface area contributed by atoms with Crippen LogP contribution in [0.15, 0.2) is 110 Å². The predicted octanol–water partition coefficient (Wildman–Crippen LogP) is 3.86. The minimum absolute atomic E-state index is 0.122. The summed E-state index contributed by atoms with van der Waals surface area (Å²) in [6, 6.07) is 20.2. The van der Waals surface area contributed by atoms with Crippen molar-refractivity contribution in [1.82, 2.24) is 12.9 Å². The standard InChI is InChI=1S/C33H35N3O6S3/c1-22-4-10-25(11-5-22)43(37,38)34-16-28-29(17-34)31-19-36(45(41,42)27-14-8-24(3)9-15-27)21-33(31)32-20-35(18-30(28)32)44(39,40)26-12-6-23(2)7-13-26/h4-15,28,30H,16-21H2,1-3H3/t28-,30+/m1/s1. The Labute approximate surface area is 265 Å². The number of hydrogen-bond acceptors (Lipinski definition) is 6. The fourth-order valence-electron chi connectivity index (χ4n) is 7.09. The van der Waals surface area contributed by atoms with Crippen molar-refractivity contribution in [3.05, 3.63) is 112 Å². The molecule has 0 saturated carbocycles. The van der Waals surface area contributed by atoms with Gasteiger partial charge in [-0.3, -0.25) is 0 Å². The van der Waals surface area contributed by atoms with E-state index < -0.39 is 30.1 Å². The Bertz CT molecular complexity index is 1970. The predicted molar refractivity (Wildman–Crippen MR) is 171 cm³/mol. The molecule has 7 rings (SSSR count). The average molecular weight is 666 g/mol. The fraction of sp³-hybridized carbons (Fsp3) is 0.333. The zero-order valence-electron chi connectivity index (χ0n) is 25.3. The van der Waals surface area contributed by atoms with E-state index in [0.717, 1.165) is 39.0 Å². The molecule has 1 aliphatic carbocycles. The molecule has 3 fully saturated rings. The van der Waals surface area contributed by atoms with Crippen molar-refractivity contribution in [1.29, 1.82) is 0 Å².